The van der Waals surface area contributed by atoms with Crippen LogP contribution in [0.2, 0.25) is 0 Å². The Morgan fingerprint density at radius 2 is 1.83 bits per heavy atom. The second-order valence-corrected chi connectivity index (χ2v) is 4.63. The van der Waals surface area contributed by atoms with Crippen LogP contribution in [0, 0.1) is 0 Å². The van der Waals surface area contributed by atoms with E-state index >= 15 is 0 Å². The molecule has 18 heavy (non-hydrogen) atoms. The van der Waals surface area contributed by atoms with Gasteiger partial charge in [0.15, 0.2) is 0 Å². The Labute approximate surface area is 107 Å². The van der Waals surface area contributed by atoms with Crippen molar-refractivity contribution in [2.24, 2.45) is 0 Å². The Morgan fingerprint density at radius 3 is 2.39 bits per heavy atom. The maximum atomic E-state index is 5.77. The highest BCUT2D eigenvalue weighted by Crippen LogP contribution is 2.22. The van der Waals surface area contributed by atoms with Crippen LogP contribution < -0.4 is 10.6 Å². The van der Waals surface area contributed by atoms with Crippen molar-refractivity contribution in [3.8, 4) is 0 Å². The number of benzene rings is 1. The molecule has 0 fully saturated rings. The Bertz CT molecular complexity index is 520. The third kappa shape index (κ3) is 2.59. The lowest BCUT2D eigenvalue weighted by molar-refractivity contribution is 0.842. The number of nitrogens with zero attached hydrogens (tertiary/aromatic N) is 3. The minimum Gasteiger partial charge on any atom is -0.399 e. The third-order valence-electron chi connectivity index (χ3n) is 2.88. The van der Waals surface area contributed by atoms with E-state index in [-0.39, 0.29) is 0 Å². The fourth-order valence-corrected chi connectivity index (χ4v) is 1.65. The molecule has 0 radical (unpaired) electrons. The molecule has 4 nitrogen and oxygen atoms in total. The number of nitrogens with two attached hydrogens (primary N) is 1. The summed E-state index contributed by atoms with van der Waals surface area (Å²) in [7, 11) is 1.93. The zero-order chi connectivity index (χ0) is 13.1. The molecule has 0 saturated carbocycles. The molecule has 0 aliphatic carbocycles. The summed E-state index contributed by atoms with van der Waals surface area (Å²) >= 11 is 0. The zero-order valence-electron chi connectivity index (χ0n) is 11.0. The van der Waals surface area contributed by atoms with Crippen molar-refractivity contribution in [3.63, 3.8) is 0 Å². The summed E-state index contributed by atoms with van der Waals surface area (Å²) < 4.78 is 0. The van der Waals surface area contributed by atoms with Gasteiger partial charge in [-0.1, -0.05) is 19.9 Å². The summed E-state index contributed by atoms with van der Waals surface area (Å²) in [6.07, 6.45) is 3.74. The Hall–Kier alpha value is -2.10. The molecule has 4 heteroatoms. The van der Waals surface area contributed by atoms with Gasteiger partial charge < -0.3 is 10.6 Å². The second-order valence-electron chi connectivity index (χ2n) is 4.63. The Kier molecular flexibility index (Phi) is 3.46. The number of anilines is 3. The first kappa shape index (κ1) is 12.4. The molecule has 2 rings (SSSR count). The summed E-state index contributed by atoms with van der Waals surface area (Å²) in [4.78, 5) is 10.7. The molecule has 0 amide bonds. The van der Waals surface area contributed by atoms with Gasteiger partial charge in [0, 0.05) is 30.8 Å². The number of hydrogen-bond acceptors (Lipinski definition) is 4. The topological polar surface area (TPSA) is 55.0 Å². The van der Waals surface area contributed by atoms with E-state index in [0.717, 1.165) is 16.9 Å². The molecule has 1 aromatic heterocycles. The smallest absolute Gasteiger partial charge is 0.229 e. The van der Waals surface area contributed by atoms with Crippen LogP contribution >= 0.6 is 0 Å². The number of nitrogen functional groups attached to an aromatic ring is 1. The average Bonchev–Trinajstić information content (AvgIpc) is 2.38. The van der Waals surface area contributed by atoms with Crippen LogP contribution in [0.3, 0.4) is 0 Å². The molecule has 0 aliphatic heterocycles. The van der Waals surface area contributed by atoms with Gasteiger partial charge >= 0.3 is 0 Å². The number of hydrogen-bond donors (Lipinski definition) is 1. The van der Waals surface area contributed by atoms with Crippen LogP contribution in [0.25, 0.3) is 0 Å². The molecule has 0 spiro atoms. The van der Waals surface area contributed by atoms with Crippen LogP contribution in [0.5, 0.6) is 0 Å². The van der Waals surface area contributed by atoms with Gasteiger partial charge in [-0.3, -0.25) is 0 Å². The third-order valence-corrected chi connectivity index (χ3v) is 2.88. The highest BCUT2D eigenvalue weighted by molar-refractivity contribution is 5.61. The first-order chi connectivity index (χ1) is 8.58. The molecule has 0 atom stereocenters. The summed E-state index contributed by atoms with van der Waals surface area (Å²) in [5.74, 6) is 1.11. The molecule has 0 unspecified atom stereocenters. The van der Waals surface area contributed by atoms with E-state index in [4.69, 9.17) is 5.73 Å². The van der Waals surface area contributed by atoms with Crippen LogP contribution in [0.4, 0.5) is 17.3 Å². The standard InChI is InChI=1S/C14H18N4/c1-10(2)11-8-16-14(17-9-11)18(3)13-6-4-5-12(15)7-13/h4-10H,15H2,1-3H3. The van der Waals surface area contributed by atoms with Gasteiger partial charge in [-0.25, -0.2) is 9.97 Å². The average molecular weight is 242 g/mol. The highest BCUT2D eigenvalue weighted by Gasteiger charge is 2.08. The first-order valence-corrected chi connectivity index (χ1v) is 5.99. The summed E-state index contributed by atoms with van der Waals surface area (Å²) in [5.41, 5.74) is 8.62. The predicted molar refractivity (Wildman–Crippen MR) is 75.0 cm³/mol. The van der Waals surface area contributed by atoms with Gasteiger partial charge in [-0.05, 0) is 29.7 Å². The van der Waals surface area contributed by atoms with E-state index in [0.29, 0.717) is 11.9 Å². The summed E-state index contributed by atoms with van der Waals surface area (Å²) in [5, 5.41) is 0. The molecule has 1 aromatic carbocycles. The second kappa shape index (κ2) is 5.04. The van der Waals surface area contributed by atoms with E-state index in [2.05, 4.69) is 23.8 Å². The van der Waals surface area contributed by atoms with E-state index in [1.165, 1.54) is 0 Å². The van der Waals surface area contributed by atoms with Crippen molar-refractivity contribution >= 4 is 17.3 Å². The van der Waals surface area contributed by atoms with Crippen molar-refractivity contribution in [2.45, 2.75) is 19.8 Å². The first-order valence-electron chi connectivity index (χ1n) is 5.99. The van der Waals surface area contributed by atoms with E-state index in [1.54, 1.807) is 0 Å². The van der Waals surface area contributed by atoms with Crippen LogP contribution in [-0.2, 0) is 0 Å². The van der Waals surface area contributed by atoms with E-state index < -0.39 is 0 Å². The van der Waals surface area contributed by atoms with Crippen molar-refractivity contribution in [1.82, 2.24) is 9.97 Å². The monoisotopic (exact) mass is 242 g/mol. The molecule has 2 aromatic rings. The Morgan fingerprint density at radius 1 is 1.17 bits per heavy atom. The maximum absolute atomic E-state index is 5.77. The van der Waals surface area contributed by atoms with Crippen LogP contribution in [0.15, 0.2) is 36.7 Å². The molecule has 0 aliphatic rings. The largest absolute Gasteiger partial charge is 0.399 e. The SMILES string of the molecule is CC(C)c1cnc(N(C)c2cccc(N)c2)nc1. The maximum Gasteiger partial charge on any atom is 0.229 e. The molecular formula is C14H18N4. The zero-order valence-corrected chi connectivity index (χ0v) is 11.0. The predicted octanol–water partition coefficient (Wildman–Crippen LogP) is 2.95. The summed E-state index contributed by atoms with van der Waals surface area (Å²) in [6.45, 7) is 4.25. The minimum absolute atomic E-state index is 0.441. The van der Waals surface area contributed by atoms with Crippen molar-refractivity contribution in [1.29, 1.82) is 0 Å². The van der Waals surface area contributed by atoms with Gasteiger partial charge in [0.2, 0.25) is 5.95 Å². The van der Waals surface area contributed by atoms with Crippen molar-refractivity contribution < 1.29 is 0 Å². The van der Waals surface area contributed by atoms with Crippen LogP contribution in [0.1, 0.15) is 25.3 Å². The van der Waals surface area contributed by atoms with Gasteiger partial charge in [0.1, 0.15) is 0 Å². The van der Waals surface area contributed by atoms with Crippen molar-refractivity contribution in [3.05, 3.63) is 42.2 Å². The molecule has 0 bridgehead atoms. The molecular weight excluding hydrogens is 224 g/mol. The fraction of sp³-hybridized carbons (Fsp3) is 0.286. The van der Waals surface area contributed by atoms with E-state index in [1.807, 2.05) is 48.6 Å². The Balaban J connectivity index is 2.26. The van der Waals surface area contributed by atoms with Gasteiger partial charge in [0.25, 0.3) is 0 Å². The minimum atomic E-state index is 0.441. The highest BCUT2D eigenvalue weighted by atomic mass is 15.2. The van der Waals surface area contributed by atoms with E-state index in [9.17, 15) is 0 Å². The van der Waals surface area contributed by atoms with Gasteiger partial charge in [-0.15, -0.1) is 0 Å². The van der Waals surface area contributed by atoms with Crippen LogP contribution in [-0.4, -0.2) is 17.0 Å². The van der Waals surface area contributed by atoms with Crippen molar-refractivity contribution in [2.75, 3.05) is 17.7 Å². The quantitative estimate of drug-likeness (QED) is 0.841. The van der Waals surface area contributed by atoms with Gasteiger partial charge in [-0.2, -0.15) is 0 Å². The molecule has 1 heterocycles. The van der Waals surface area contributed by atoms with Gasteiger partial charge in [0.05, 0.1) is 0 Å². The lowest BCUT2D eigenvalue weighted by Crippen LogP contribution is -2.13. The molecule has 94 valence electrons. The molecule has 2 N–H and O–H groups in total. The number of rotatable bonds is 3. The lowest BCUT2D eigenvalue weighted by Gasteiger charge is -2.17. The fourth-order valence-electron chi connectivity index (χ4n) is 1.65. The molecule has 0 saturated heterocycles. The number of aromatic nitrogens is 2. The summed E-state index contributed by atoms with van der Waals surface area (Å²) in [6, 6.07) is 7.67. The normalized spacial score (nSPS) is 10.7. The lowest BCUT2D eigenvalue weighted by atomic mass is 10.1.